The molecule has 0 N–H and O–H groups in total. The van der Waals surface area contributed by atoms with Gasteiger partial charge >= 0.3 is 0 Å². The van der Waals surface area contributed by atoms with Gasteiger partial charge in [-0.05, 0) is 5.41 Å². The minimum Gasteiger partial charge on any atom is -0.236 e. The summed E-state index contributed by atoms with van der Waals surface area (Å²) in [4.78, 5) is 9.80. The van der Waals surface area contributed by atoms with Crippen LogP contribution in [0.2, 0.25) is 0 Å². The lowest BCUT2D eigenvalue weighted by Crippen LogP contribution is -2.24. The number of rotatable bonds is 0. The van der Waals surface area contributed by atoms with Gasteiger partial charge in [0, 0.05) is 6.42 Å². The van der Waals surface area contributed by atoms with Crippen LogP contribution in [0.25, 0.3) is 0 Å². The number of hydrogen-bond donors (Lipinski definition) is 0. The number of hydrogen-bond acceptors (Lipinski definition) is 2. The van der Waals surface area contributed by atoms with Crippen molar-refractivity contribution in [1.82, 2.24) is 0 Å². The van der Waals surface area contributed by atoms with Crippen LogP contribution in [-0.4, -0.2) is 12.7 Å². The van der Waals surface area contributed by atoms with Gasteiger partial charge in [0.15, 0.2) is 0 Å². The van der Waals surface area contributed by atoms with Gasteiger partial charge in [-0.2, -0.15) is 0 Å². The zero-order valence-electron chi connectivity index (χ0n) is 6.31. The predicted octanol–water partition coefficient (Wildman–Crippen LogP) is 1.75. The van der Waals surface area contributed by atoms with Crippen molar-refractivity contribution in [2.45, 2.75) is 33.3 Å². The van der Waals surface area contributed by atoms with E-state index in [2.05, 4.69) is 20.8 Å². The molecule has 1 saturated heterocycles. The highest BCUT2D eigenvalue weighted by molar-refractivity contribution is 4.74. The van der Waals surface area contributed by atoms with Crippen LogP contribution in [0.5, 0.6) is 0 Å². The molecule has 9 heavy (non-hydrogen) atoms. The zero-order valence-corrected chi connectivity index (χ0v) is 6.31. The molecule has 0 aliphatic carbocycles. The summed E-state index contributed by atoms with van der Waals surface area (Å²) in [7, 11) is 0. The fourth-order valence-corrected chi connectivity index (χ4v) is 0.911. The highest BCUT2D eigenvalue weighted by Gasteiger charge is 2.29. The van der Waals surface area contributed by atoms with E-state index < -0.39 is 0 Å². The maximum absolute atomic E-state index is 5.02. The lowest BCUT2D eigenvalue weighted by atomic mass is 9.88. The Kier molecular flexibility index (Phi) is 1.78. The average molecular weight is 130 g/mol. The highest BCUT2D eigenvalue weighted by atomic mass is 17.2. The molecule has 2 heteroatoms. The summed E-state index contributed by atoms with van der Waals surface area (Å²) in [5.41, 5.74) is 0.233. The van der Waals surface area contributed by atoms with Gasteiger partial charge in [-0.25, -0.2) is 9.78 Å². The molecular formula is C7H14O2. The van der Waals surface area contributed by atoms with Gasteiger partial charge in [0.2, 0.25) is 0 Å². The monoisotopic (exact) mass is 130 g/mol. The van der Waals surface area contributed by atoms with Crippen molar-refractivity contribution in [1.29, 1.82) is 0 Å². The Morgan fingerprint density at radius 2 is 2.00 bits per heavy atom. The SMILES string of the molecule is CC(C)(C)C1CCOO1. The van der Waals surface area contributed by atoms with Crippen molar-refractivity contribution >= 4 is 0 Å². The summed E-state index contributed by atoms with van der Waals surface area (Å²) < 4.78 is 0. The first-order valence-corrected chi connectivity index (χ1v) is 3.39. The van der Waals surface area contributed by atoms with Crippen LogP contribution in [0.3, 0.4) is 0 Å². The first kappa shape index (κ1) is 7.03. The van der Waals surface area contributed by atoms with E-state index in [0.29, 0.717) is 0 Å². The quantitative estimate of drug-likeness (QED) is 0.465. The van der Waals surface area contributed by atoms with Crippen LogP contribution in [0.4, 0.5) is 0 Å². The van der Waals surface area contributed by atoms with Gasteiger partial charge in [0.1, 0.15) is 6.10 Å². The largest absolute Gasteiger partial charge is 0.236 e. The van der Waals surface area contributed by atoms with Gasteiger partial charge < -0.3 is 0 Å². The van der Waals surface area contributed by atoms with Gasteiger partial charge in [-0.3, -0.25) is 0 Å². The molecule has 1 unspecified atom stereocenters. The molecule has 0 aromatic carbocycles. The third kappa shape index (κ3) is 1.66. The Balaban J connectivity index is 2.42. The average Bonchev–Trinajstić information content (AvgIpc) is 2.08. The lowest BCUT2D eigenvalue weighted by Gasteiger charge is -2.23. The molecule has 0 radical (unpaired) electrons. The second-order valence-corrected chi connectivity index (χ2v) is 3.56. The van der Waals surface area contributed by atoms with E-state index in [0.717, 1.165) is 13.0 Å². The van der Waals surface area contributed by atoms with E-state index in [4.69, 9.17) is 9.78 Å². The van der Waals surface area contributed by atoms with Gasteiger partial charge in [-0.1, -0.05) is 20.8 Å². The van der Waals surface area contributed by atoms with E-state index in [-0.39, 0.29) is 11.5 Å². The third-order valence-corrected chi connectivity index (χ3v) is 1.61. The van der Waals surface area contributed by atoms with Crippen molar-refractivity contribution in [3.05, 3.63) is 0 Å². The van der Waals surface area contributed by atoms with Crippen molar-refractivity contribution in [2.75, 3.05) is 6.61 Å². The maximum atomic E-state index is 5.02. The van der Waals surface area contributed by atoms with Crippen LogP contribution in [0.15, 0.2) is 0 Å². The molecule has 0 aromatic heterocycles. The van der Waals surface area contributed by atoms with Gasteiger partial charge in [-0.15, -0.1) is 0 Å². The molecule has 1 heterocycles. The Hall–Kier alpha value is -0.0800. The minimum absolute atomic E-state index is 0.233. The highest BCUT2D eigenvalue weighted by Crippen LogP contribution is 2.28. The van der Waals surface area contributed by atoms with Crippen LogP contribution in [0, 0.1) is 5.41 Å². The topological polar surface area (TPSA) is 18.5 Å². The molecular weight excluding hydrogens is 116 g/mol. The molecule has 2 nitrogen and oxygen atoms in total. The summed E-state index contributed by atoms with van der Waals surface area (Å²) in [6.07, 6.45) is 1.32. The Bertz CT molecular complexity index is 87.6. The molecule has 0 amide bonds. The predicted molar refractivity (Wildman–Crippen MR) is 34.9 cm³/mol. The van der Waals surface area contributed by atoms with E-state index in [1.807, 2.05) is 0 Å². The van der Waals surface area contributed by atoms with E-state index in [9.17, 15) is 0 Å². The van der Waals surface area contributed by atoms with E-state index in [1.54, 1.807) is 0 Å². The summed E-state index contributed by atoms with van der Waals surface area (Å²) in [5, 5.41) is 0. The molecule has 1 rings (SSSR count). The second-order valence-electron chi connectivity index (χ2n) is 3.56. The van der Waals surface area contributed by atoms with Gasteiger partial charge in [0.25, 0.3) is 0 Å². The second kappa shape index (κ2) is 2.27. The van der Waals surface area contributed by atoms with E-state index >= 15 is 0 Å². The molecule has 1 atom stereocenters. The van der Waals surface area contributed by atoms with Crippen molar-refractivity contribution in [3.8, 4) is 0 Å². The van der Waals surface area contributed by atoms with Crippen LogP contribution < -0.4 is 0 Å². The van der Waals surface area contributed by atoms with Crippen LogP contribution >= 0.6 is 0 Å². The molecule has 0 saturated carbocycles. The van der Waals surface area contributed by atoms with Crippen LogP contribution in [0.1, 0.15) is 27.2 Å². The Labute approximate surface area is 56.1 Å². The normalized spacial score (nSPS) is 29.0. The smallest absolute Gasteiger partial charge is 0.100 e. The molecule has 54 valence electrons. The molecule has 1 aliphatic rings. The van der Waals surface area contributed by atoms with Crippen molar-refractivity contribution < 1.29 is 9.78 Å². The minimum atomic E-state index is 0.233. The van der Waals surface area contributed by atoms with Crippen molar-refractivity contribution in [2.24, 2.45) is 5.41 Å². The van der Waals surface area contributed by atoms with Crippen LogP contribution in [-0.2, 0) is 9.78 Å². The fraction of sp³-hybridized carbons (Fsp3) is 1.00. The molecule has 0 aromatic rings. The first-order chi connectivity index (χ1) is 4.11. The Morgan fingerprint density at radius 3 is 2.22 bits per heavy atom. The zero-order chi connectivity index (χ0) is 6.91. The van der Waals surface area contributed by atoms with Crippen molar-refractivity contribution in [3.63, 3.8) is 0 Å². The molecule has 0 spiro atoms. The van der Waals surface area contributed by atoms with E-state index in [1.165, 1.54) is 0 Å². The standard InChI is InChI=1S/C7H14O2/c1-7(2,3)6-4-5-8-9-6/h6H,4-5H2,1-3H3. The first-order valence-electron chi connectivity index (χ1n) is 3.39. The molecule has 1 aliphatic heterocycles. The summed E-state index contributed by atoms with van der Waals surface area (Å²) in [5.74, 6) is 0. The lowest BCUT2D eigenvalue weighted by molar-refractivity contribution is -0.289. The third-order valence-electron chi connectivity index (χ3n) is 1.61. The summed E-state index contributed by atoms with van der Waals surface area (Å²) in [6, 6.07) is 0. The Morgan fingerprint density at radius 1 is 1.33 bits per heavy atom. The maximum Gasteiger partial charge on any atom is 0.100 e. The summed E-state index contributed by atoms with van der Waals surface area (Å²) >= 11 is 0. The summed E-state index contributed by atoms with van der Waals surface area (Å²) in [6.45, 7) is 7.23. The fourth-order valence-electron chi connectivity index (χ4n) is 0.911. The molecule has 1 fully saturated rings. The van der Waals surface area contributed by atoms with Gasteiger partial charge in [0.05, 0.1) is 6.61 Å². The molecule has 0 bridgehead atoms.